The van der Waals surface area contributed by atoms with Gasteiger partial charge in [-0.05, 0) is 26.0 Å². The van der Waals surface area contributed by atoms with E-state index in [4.69, 9.17) is 0 Å². The Morgan fingerprint density at radius 2 is 2.00 bits per heavy atom. The van der Waals surface area contributed by atoms with Crippen LogP contribution in [0.25, 0.3) is 22.2 Å². The molecular weight excluding hydrogens is 295 g/mol. The van der Waals surface area contributed by atoms with Gasteiger partial charge in [0.2, 0.25) is 0 Å². The van der Waals surface area contributed by atoms with Crippen molar-refractivity contribution >= 4 is 16.7 Å². The number of nitrogens with zero attached hydrogens (tertiary/aromatic N) is 4. The Bertz CT molecular complexity index is 880. The van der Waals surface area contributed by atoms with Crippen LogP contribution in [0.15, 0.2) is 37.1 Å². The molecule has 0 spiro atoms. The Kier molecular flexibility index (Phi) is 3.67. The first-order valence-corrected chi connectivity index (χ1v) is 7.28. The van der Waals surface area contributed by atoms with Gasteiger partial charge in [0, 0.05) is 29.9 Å². The highest BCUT2D eigenvalue weighted by atomic mass is 19.1. The van der Waals surface area contributed by atoms with Crippen molar-refractivity contribution in [2.24, 2.45) is 7.05 Å². The average molecular weight is 312 g/mol. The van der Waals surface area contributed by atoms with Crippen molar-refractivity contribution in [1.29, 1.82) is 0 Å². The summed E-state index contributed by atoms with van der Waals surface area (Å²) in [6, 6.07) is 3.75. The first-order valence-electron chi connectivity index (χ1n) is 7.28. The number of alkyl halides is 1. The normalized spacial score (nSPS) is 11.8. The number of aryl methyl sites for hydroxylation is 1. The molecule has 0 aliphatic carbocycles. The van der Waals surface area contributed by atoms with Crippen molar-refractivity contribution < 1.29 is 9.18 Å². The molecule has 0 amide bonds. The Hall–Kier alpha value is -2.63. The maximum Gasteiger partial charge on any atom is 0.175 e. The smallest absolute Gasteiger partial charge is 0.175 e. The highest BCUT2D eigenvalue weighted by Gasteiger charge is 2.26. The molecule has 3 rings (SSSR count). The first-order chi connectivity index (χ1) is 10.8. The fourth-order valence-electron chi connectivity index (χ4n) is 2.32. The molecule has 0 saturated heterocycles. The van der Waals surface area contributed by atoms with E-state index >= 15 is 0 Å². The summed E-state index contributed by atoms with van der Waals surface area (Å²) in [5, 5.41) is 0.859. The average Bonchev–Trinajstić information content (AvgIpc) is 2.91. The third kappa shape index (κ3) is 3.11. The molecule has 0 aliphatic heterocycles. The third-order valence-electron chi connectivity index (χ3n) is 3.74. The second-order valence-electron chi connectivity index (χ2n) is 6.05. The fraction of sp³-hybridized carbons (Fsp3) is 0.294. The molecule has 0 unspecified atom stereocenters. The minimum Gasteiger partial charge on any atom is -0.334 e. The summed E-state index contributed by atoms with van der Waals surface area (Å²) >= 11 is 0. The third-order valence-corrected chi connectivity index (χ3v) is 3.74. The Morgan fingerprint density at radius 1 is 1.22 bits per heavy atom. The van der Waals surface area contributed by atoms with Gasteiger partial charge in [-0.1, -0.05) is 0 Å². The van der Waals surface area contributed by atoms with E-state index in [1.165, 1.54) is 13.8 Å². The molecule has 118 valence electrons. The zero-order valence-corrected chi connectivity index (χ0v) is 13.2. The number of carbonyl (C=O) groups is 1. The van der Waals surface area contributed by atoms with Crippen LogP contribution in [0.4, 0.5) is 4.39 Å². The lowest BCUT2D eigenvalue weighted by Gasteiger charge is -2.12. The molecule has 0 radical (unpaired) electrons. The molecule has 0 saturated carbocycles. The lowest BCUT2D eigenvalue weighted by atomic mass is 10.0. The molecule has 0 fully saturated rings. The number of halogens is 1. The monoisotopic (exact) mass is 312 g/mol. The predicted molar refractivity (Wildman–Crippen MR) is 85.6 cm³/mol. The van der Waals surface area contributed by atoms with Crippen molar-refractivity contribution in [3.63, 3.8) is 0 Å². The van der Waals surface area contributed by atoms with Gasteiger partial charge in [-0.15, -0.1) is 0 Å². The summed E-state index contributed by atoms with van der Waals surface area (Å²) in [7, 11) is 1.91. The summed E-state index contributed by atoms with van der Waals surface area (Å²) in [6.45, 7) is 2.52. The van der Waals surface area contributed by atoms with Crippen molar-refractivity contribution in [3.05, 3.63) is 42.7 Å². The maximum absolute atomic E-state index is 13.7. The quantitative estimate of drug-likeness (QED) is 0.743. The molecule has 23 heavy (non-hydrogen) atoms. The van der Waals surface area contributed by atoms with E-state index in [9.17, 15) is 9.18 Å². The van der Waals surface area contributed by atoms with Crippen LogP contribution in [-0.4, -0.2) is 31.0 Å². The van der Waals surface area contributed by atoms with Crippen LogP contribution < -0.4 is 0 Å². The molecule has 5 nitrogen and oxygen atoms in total. The number of imidazole rings is 1. The number of carbonyl (C=O) groups excluding carboxylic acids is 1. The van der Waals surface area contributed by atoms with E-state index in [1.54, 1.807) is 31.0 Å². The highest BCUT2D eigenvalue weighted by Crippen LogP contribution is 2.22. The van der Waals surface area contributed by atoms with Gasteiger partial charge in [0.1, 0.15) is 0 Å². The molecule has 3 aromatic heterocycles. The maximum atomic E-state index is 13.7. The molecule has 6 heteroatoms. The lowest BCUT2D eigenvalue weighted by molar-refractivity contribution is -0.127. The van der Waals surface area contributed by atoms with Crippen LogP contribution in [0.2, 0.25) is 0 Å². The number of Topliss-reactive ketones (excluding diaryl/α,β-unsaturated/α-hetero) is 1. The number of hydrogen-bond acceptors (Lipinski definition) is 4. The van der Waals surface area contributed by atoms with E-state index in [0.717, 1.165) is 22.2 Å². The Morgan fingerprint density at radius 3 is 2.65 bits per heavy atom. The van der Waals surface area contributed by atoms with Crippen LogP contribution >= 0.6 is 0 Å². The minimum atomic E-state index is -1.86. The van der Waals surface area contributed by atoms with Crippen LogP contribution in [0.1, 0.15) is 19.5 Å². The highest BCUT2D eigenvalue weighted by molar-refractivity contribution is 5.89. The van der Waals surface area contributed by atoms with Gasteiger partial charge in [0.05, 0.1) is 36.4 Å². The summed E-state index contributed by atoms with van der Waals surface area (Å²) in [5.41, 5.74) is 1.28. The zero-order valence-electron chi connectivity index (χ0n) is 13.2. The molecule has 0 aliphatic rings. The zero-order chi connectivity index (χ0) is 16.6. The number of rotatable bonds is 4. The second-order valence-corrected chi connectivity index (χ2v) is 6.05. The van der Waals surface area contributed by atoms with Gasteiger partial charge in [-0.2, -0.15) is 0 Å². The second kappa shape index (κ2) is 5.53. The summed E-state index contributed by atoms with van der Waals surface area (Å²) in [6.07, 6.45) is 6.82. The molecule has 0 N–H and O–H groups in total. The molecule has 0 bridgehead atoms. The van der Waals surface area contributed by atoms with Gasteiger partial charge in [-0.3, -0.25) is 14.8 Å². The van der Waals surface area contributed by atoms with Gasteiger partial charge >= 0.3 is 0 Å². The van der Waals surface area contributed by atoms with Crippen molar-refractivity contribution in [1.82, 2.24) is 19.5 Å². The Labute approximate surface area is 133 Å². The van der Waals surface area contributed by atoms with Crippen LogP contribution in [-0.2, 0) is 18.3 Å². The number of hydrogen-bond donors (Lipinski definition) is 0. The molecule has 3 aromatic rings. The van der Waals surface area contributed by atoms with Crippen LogP contribution in [0.5, 0.6) is 0 Å². The van der Waals surface area contributed by atoms with Gasteiger partial charge in [0.25, 0.3) is 0 Å². The summed E-state index contributed by atoms with van der Waals surface area (Å²) in [4.78, 5) is 24.5. The van der Waals surface area contributed by atoms with Crippen molar-refractivity contribution in [2.75, 3.05) is 0 Å². The number of aromatic nitrogens is 4. The standard InChI is InChI=1S/C17H17FN4O/c1-17(2,18)16(23)6-13-5-11-4-12(7-21-14(11)8-20-13)15-9-19-10-22(15)3/h4-5,7-10H,6H2,1-3H3. The Balaban J connectivity index is 1.98. The molecule has 3 heterocycles. The van der Waals surface area contributed by atoms with E-state index in [0.29, 0.717) is 5.69 Å². The summed E-state index contributed by atoms with van der Waals surface area (Å²) in [5.74, 6) is -0.486. The fourth-order valence-corrected chi connectivity index (χ4v) is 2.32. The molecule has 0 atom stereocenters. The first kappa shape index (κ1) is 15.3. The predicted octanol–water partition coefficient (Wildman–Crippen LogP) is 2.89. The topological polar surface area (TPSA) is 60.7 Å². The number of pyridine rings is 2. The van der Waals surface area contributed by atoms with E-state index in [2.05, 4.69) is 15.0 Å². The SMILES string of the molecule is Cn1cncc1-c1cnc2cnc(CC(=O)C(C)(C)F)cc2c1. The van der Waals surface area contributed by atoms with Crippen LogP contribution in [0, 0.1) is 0 Å². The summed E-state index contributed by atoms with van der Waals surface area (Å²) < 4.78 is 15.6. The van der Waals surface area contributed by atoms with E-state index in [-0.39, 0.29) is 6.42 Å². The van der Waals surface area contributed by atoms with Crippen LogP contribution in [0.3, 0.4) is 0 Å². The number of ketones is 1. The van der Waals surface area contributed by atoms with Crippen molar-refractivity contribution in [2.45, 2.75) is 25.9 Å². The van der Waals surface area contributed by atoms with Gasteiger partial charge in [0.15, 0.2) is 11.5 Å². The lowest BCUT2D eigenvalue weighted by Crippen LogP contribution is -2.27. The molecular formula is C17H17FN4O. The number of fused-ring (bicyclic) bond motifs is 1. The van der Waals surface area contributed by atoms with E-state index < -0.39 is 11.5 Å². The van der Waals surface area contributed by atoms with Gasteiger partial charge in [-0.25, -0.2) is 9.37 Å². The molecule has 0 aromatic carbocycles. The minimum absolute atomic E-state index is 0.0324. The van der Waals surface area contributed by atoms with Gasteiger partial charge < -0.3 is 4.57 Å². The van der Waals surface area contributed by atoms with Crippen molar-refractivity contribution in [3.8, 4) is 11.3 Å². The van der Waals surface area contributed by atoms with E-state index in [1.807, 2.05) is 17.7 Å². The largest absolute Gasteiger partial charge is 0.334 e.